The number of nitrogens with one attached hydrogen (secondary N) is 1. The topological polar surface area (TPSA) is 95.1 Å². The van der Waals surface area contributed by atoms with Crippen LogP contribution in [0.4, 0.5) is 5.82 Å². The maximum absolute atomic E-state index is 13.0. The number of aryl methyl sites for hydroxylation is 1. The van der Waals surface area contributed by atoms with Crippen LogP contribution in [-0.2, 0) is 11.3 Å². The summed E-state index contributed by atoms with van der Waals surface area (Å²) in [6.45, 7) is 4.13. The van der Waals surface area contributed by atoms with Gasteiger partial charge in [0.2, 0.25) is 0 Å². The van der Waals surface area contributed by atoms with Crippen molar-refractivity contribution >= 4 is 33.9 Å². The summed E-state index contributed by atoms with van der Waals surface area (Å²) in [6, 6.07) is 7.69. The molecule has 0 aliphatic carbocycles. The molecule has 4 rings (SSSR count). The Balaban J connectivity index is 1.73. The van der Waals surface area contributed by atoms with Crippen LogP contribution >= 0.6 is 0 Å². The number of carbonyl (C=O) groups is 1. The zero-order valence-electron chi connectivity index (χ0n) is 16.3. The first kappa shape index (κ1) is 18.7. The second-order valence-electron chi connectivity index (χ2n) is 7.35. The highest BCUT2D eigenvalue weighted by Gasteiger charge is 2.25. The van der Waals surface area contributed by atoms with Gasteiger partial charge in [0, 0.05) is 19.7 Å². The van der Waals surface area contributed by atoms with E-state index in [0.29, 0.717) is 29.1 Å². The summed E-state index contributed by atoms with van der Waals surface area (Å²) in [5, 5.41) is 2.98. The summed E-state index contributed by atoms with van der Waals surface area (Å²) in [7, 11) is 0. The fourth-order valence-corrected chi connectivity index (χ4v) is 3.79. The molecule has 1 aliphatic rings. The number of fused-ring (bicyclic) bond motifs is 2. The van der Waals surface area contributed by atoms with Crippen molar-refractivity contribution in [3.8, 4) is 0 Å². The van der Waals surface area contributed by atoms with Gasteiger partial charge in [-0.1, -0.05) is 31.9 Å². The molecule has 3 heterocycles. The lowest BCUT2D eigenvalue weighted by Crippen LogP contribution is -2.32. The van der Waals surface area contributed by atoms with Crippen LogP contribution in [0.2, 0.25) is 0 Å². The van der Waals surface area contributed by atoms with Crippen LogP contribution in [0.3, 0.4) is 0 Å². The van der Waals surface area contributed by atoms with Gasteiger partial charge in [0.25, 0.3) is 5.91 Å². The summed E-state index contributed by atoms with van der Waals surface area (Å²) in [5.41, 5.74) is 9.66. The van der Waals surface area contributed by atoms with Crippen LogP contribution in [0, 0.1) is 0 Å². The van der Waals surface area contributed by atoms with Gasteiger partial charge >= 0.3 is 0 Å². The molecule has 28 heavy (non-hydrogen) atoms. The van der Waals surface area contributed by atoms with Gasteiger partial charge in [0.1, 0.15) is 16.9 Å². The van der Waals surface area contributed by atoms with E-state index in [1.54, 1.807) is 0 Å². The smallest absolute Gasteiger partial charge is 0.257 e. The van der Waals surface area contributed by atoms with E-state index >= 15 is 0 Å². The molecule has 7 nitrogen and oxygen atoms in total. The van der Waals surface area contributed by atoms with Crippen molar-refractivity contribution in [3.05, 3.63) is 29.8 Å². The van der Waals surface area contributed by atoms with Crippen molar-refractivity contribution in [3.63, 3.8) is 0 Å². The zero-order valence-corrected chi connectivity index (χ0v) is 16.3. The number of rotatable bonds is 7. The molecule has 1 aromatic carbocycles. The Morgan fingerprint density at radius 1 is 1.29 bits per heavy atom. The maximum atomic E-state index is 13.0. The molecule has 1 aliphatic heterocycles. The Hall–Kier alpha value is -2.67. The molecule has 1 fully saturated rings. The number of carbonyl (C=O) groups excluding carboxylic acids is 1. The lowest BCUT2D eigenvalue weighted by molar-refractivity contribution is 0.0859. The van der Waals surface area contributed by atoms with E-state index in [2.05, 4.69) is 12.2 Å². The molecule has 0 saturated carbocycles. The highest BCUT2D eigenvalue weighted by Crippen LogP contribution is 2.28. The SMILES string of the molecule is CCCCCn1c(N)c(C(=O)NC[C@@H]2CCCO2)c2nc3ccccc3nc21. The van der Waals surface area contributed by atoms with Gasteiger partial charge < -0.3 is 20.4 Å². The number of hydrogen-bond donors (Lipinski definition) is 2. The molecule has 0 unspecified atom stereocenters. The van der Waals surface area contributed by atoms with Crippen LogP contribution in [-0.4, -0.2) is 39.7 Å². The quantitative estimate of drug-likeness (QED) is 0.613. The van der Waals surface area contributed by atoms with E-state index in [1.165, 1.54) is 0 Å². The molecule has 148 valence electrons. The first-order valence-electron chi connectivity index (χ1n) is 10.1. The molecule has 7 heteroatoms. The minimum atomic E-state index is -0.211. The normalized spacial score (nSPS) is 16.8. The lowest BCUT2D eigenvalue weighted by Gasteiger charge is -2.11. The van der Waals surface area contributed by atoms with Gasteiger partial charge in [-0.3, -0.25) is 4.79 Å². The number of hydrogen-bond acceptors (Lipinski definition) is 5. The van der Waals surface area contributed by atoms with E-state index in [0.717, 1.165) is 56.3 Å². The molecular formula is C21H27N5O2. The Bertz CT molecular complexity index is 991. The second kappa shape index (κ2) is 8.14. The third-order valence-electron chi connectivity index (χ3n) is 5.32. The van der Waals surface area contributed by atoms with E-state index in [1.807, 2.05) is 28.8 Å². The summed E-state index contributed by atoms with van der Waals surface area (Å²) in [4.78, 5) is 22.5. The lowest BCUT2D eigenvalue weighted by atomic mass is 10.2. The number of nitrogens with zero attached hydrogens (tertiary/aromatic N) is 3. The monoisotopic (exact) mass is 381 g/mol. The molecule has 0 bridgehead atoms. The van der Waals surface area contributed by atoms with Crippen molar-refractivity contribution in [2.45, 2.75) is 51.7 Å². The largest absolute Gasteiger partial charge is 0.384 e. The third-order valence-corrected chi connectivity index (χ3v) is 5.32. The average Bonchev–Trinajstić information content (AvgIpc) is 3.31. The third kappa shape index (κ3) is 3.54. The van der Waals surface area contributed by atoms with Gasteiger partial charge in [-0.25, -0.2) is 9.97 Å². The van der Waals surface area contributed by atoms with E-state index in [4.69, 9.17) is 20.4 Å². The van der Waals surface area contributed by atoms with Crippen molar-refractivity contribution in [1.29, 1.82) is 0 Å². The van der Waals surface area contributed by atoms with Crippen LogP contribution in [0.25, 0.3) is 22.2 Å². The van der Waals surface area contributed by atoms with Crippen molar-refractivity contribution in [2.24, 2.45) is 0 Å². The molecule has 3 N–H and O–H groups in total. The molecule has 1 amide bonds. The Morgan fingerprint density at radius 3 is 2.79 bits per heavy atom. The van der Waals surface area contributed by atoms with Crippen LogP contribution < -0.4 is 11.1 Å². The maximum Gasteiger partial charge on any atom is 0.257 e. The number of aromatic nitrogens is 3. The van der Waals surface area contributed by atoms with E-state index < -0.39 is 0 Å². The van der Waals surface area contributed by atoms with Crippen molar-refractivity contribution in [2.75, 3.05) is 18.9 Å². The molecule has 2 aromatic heterocycles. The number of para-hydroxylation sites is 2. The molecule has 0 spiro atoms. The highest BCUT2D eigenvalue weighted by atomic mass is 16.5. The fourth-order valence-electron chi connectivity index (χ4n) is 3.79. The Morgan fingerprint density at radius 2 is 2.07 bits per heavy atom. The first-order chi connectivity index (χ1) is 13.7. The number of benzene rings is 1. The van der Waals surface area contributed by atoms with Gasteiger partial charge in [-0.15, -0.1) is 0 Å². The Labute approximate surface area is 164 Å². The average molecular weight is 381 g/mol. The van der Waals surface area contributed by atoms with E-state index in [9.17, 15) is 4.79 Å². The minimum absolute atomic E-state index is 0.0787. The summed E-state index contributed by atoms with van der Waals surface area (Å²) in [6.07, 6.45) is 5.28. The van der Waals surface area contributed by atoms with Gasteiger partial charge in [0.15, 0.2) is 5.65 Å². The highest BCUT2D eigenvalue weighted by molar-refractivity contribution is 6.10. The van der Waals surface area contributed by atoms with E-state index in [-0.39, 0.29) is 12.0 Å². The van der Waals surface area contributed by atoms with Crippen LogP contribution in [0.15, 0.2) is 24.3 Å². The predicted octanol–water partition coefficient (Wildman–Crippen LogP) is 3.27. The molecule has 3 aromatic rings. The number of nitrogen functional groups attached to an aromatic ring is 1. The standard InChI is InChI=1S/C21H27N5O2/c1-2-3-6-11-26-19(22)17(21(27)23-13-14-8-7-12-28-14)18-20(26)25-16-10-5-4-9-15(16)24-18/h4-5,9-10,14H,2-3,6-8,11-13,22H2,1H3,(H,23,27)/t14-/m0/s1. The van der Waals surface area contributed by atoms with Crippen molar-refractivity contribution < 1.29 is 9.53 Å². The fraction of sp³-hybridized carbons (Fsp3) is 0.476. The molecular weight excluding hydrogens is 354 g/mol. The summed E-state index contributed by atoms with van der Waals surface area (Å²) < 4.78 is 7.54. The number of unbranched alkanes of at least 4 members (excludes halogenated alkanes) is 2. The molecule has 0 radical (unpaired) electrons. The summed E-state index contributed by atoms with van der Waals surface area (Å²) in [5.74, 6) is 0.225. The second-order valence-corrected chi connectivity index (χ2v) is 7.35. The number of anilines is 1. The predicted molar refractivity (Wildman–Crippen MR) is 110 cm³/mol. The molecule has 1 atom stereocenters. The number of nitrogens with two attached hydrogens (primary N) is 1. The molecule has 1 saturated heterocycles. The van der Waals surface area contributed by atoms with Gasteiger partial charge in [-0.2, -0.15) is 0 Å². The van der Waals surface area contributed by atoms with Gasteiger partial charge in [-0.05, 0) is 31.4 Å². The Kier molecular flexibility index (Phi) is 5.43. The zero-order chi connectivity index (χ0) is 19.5. The number of amides is 1. The van der Waals surface area contributed by atoms with Gasteiger partial charge in [0.05, 0.1) is 17.1 Å². The number of ether oxygens (including phenoxy) is 1. The van der Waals surface area contributed by atoms with Crippen LogP contribution in [0.1, 0.15) is 49.4 Å². The van der Waals surface area contributed by atoms with Crippen molar-refractivity contribution in [1.82, 2.24) is 19.9 Å². The first-order valence-corrected chi connectivity index (χ1v) is 10.1. The van der Waals surface area contributed by atoms with Crippen LogP contribution in [0.5, 0.6) is 0 Å². The summed E-state index contributed by atoms with van der Waals surface area (Å²) >= 11 is 0. The minimum Gasteiger partial charge on any atom is -0.384 e.